The van der Waals surface area contributed by atoms with Gasteiger partial charge in [-0.05, 0) is 126 Å². The van der Waals surface area contributed by atoms with Crippen molar-refractivity contribution in [1.29, 1.82) is 0 Å². The number of nitrogens with two attached hydrogens (primary N) is 2. The van der Waals surface area contributed by atoms with Gasteiger partial charge in [-0.15, -0.1) is 0 Å². The number of fused-ring (bicyclic) bond motifs is 2. The molecule has 464 valence electrons. The number of amides is 10. The summed E-state index contributed by atoms with van der Waals surface area (Å²) in [6, 6.07) is 8.58. The Morgan fingerprint density at radius 3 is 1.11 bits per heavy atom. The van der Waals surface area contributed by atoms with Crippen molar-refractivity contribution in [3.05, 3.63) is 71.8 Å². The first kappa shape index (κ1) is 67.8. The van der Waals surface area contributed by atoms with Crippen LogP contribution in [0.4, 0.5) is 0 Å². The lowest BCUT2D eigenvalue weighted by atomic mass is 9.89. The van der Waals surface area contributed by atoms with Crippen molar-refractivity contribution in [2.75, 3.05) is 26.2 Å². The van der Waals surface area contributed by atoms with Gasteiger partial charge in [-0.25, -0.2) is 0 Å². The van der Waals surface area contributed by atoms with Crippen LogP contribution in [0.25, 0.3) is 0 Å². The van der Waals surface area contributed by atoms with E-state index in [4.69, 9.17) is 11.5 Å². The molecule has 3 fully saturated rings. The maximum atomic E-state index is 14.9. The lowest BCUT2D eigenvalue weighted by Crippen LogP contribution is -2.66. The second-order valence-electron chi connectivity index (χ2n) is 25.1. The topological polar surface area (TPSA) is 325 Å². The van der Waals surface area contributed by atoms with E-state index in [1.54, 1.807) is 90.1 Å². The monoisotopic (exact) mass is 1170 g/mol. The number of carbonyl (C=O) groups excluding carboxylic acids is 10. The van der Waals surface area contributed by atoms with Gasteiger partial charge in [0.05, 0.1) is 0 Å². The van der Waals surface area contributed by atoms with Gasteiger partial charge >= 0.3 is 0 Å². The smallest absolute Gasteiger partial charge is 0.246 e. The first-order valence-corrected chi connectivity index (χ1v) is 30.3. The van der Waals surface area contributed by atoms with Crippen LogP contribution in [0.15, 0.2) is 60.7 Å². The SMILES string of the molecule is CC(C)C[C@@H]1NC(=O)[C@H](CCCN)NC(=O)[C@H](C(C)C)NC(=O)[C@](C)(Cc2ccccc2)NC(=O)[C@H]2CCCN2C(=O)[C@H](CC(C)C)NC(=O)[C@H](CCCN)NC(=O)[C@H](C(C)C)NC(=O)[C@](C)(Cc2ccccc2)NC(=O)[C@H]2CCCN2C1=O. The Bertz CT molecular complexity index is 2430. The van der Waals surface area contributed by atoms with Crippen LogP contribution in [0.1, 0.15) is 145 Å². The molecule has 22 heteroatoms. The standard InChI is InChI=1S/C62H96N12O10/c1-37(2)33-45-57(81)73-31-19-27-47(73)53(77)71-61(9,35-41-21-13-11-14-22-41)59(83)70-50(40(7)8)56(80)66-44(26-18-30-64)52(76)68-46(34-38(3)4)58(82)74-32-20-28-48(74)54(78)72-62(10,36-42-23-15-12-16-24-42)60(84)69-49(39(5)6)55(79)65-43(25-17-29-63)51(75)67-45/h11-16,21-24,37-40,43-50H,17-20,25-36,63-64H2,1-10H3,(H,65,79)(H,66,80)(H,67,75)(H,68,76)(H,69,84)(H,70,83)(H,71,77)(H,72,78)/t43-,44-,45-,46-,47+,48+,49-,50-,61-,62-/m0/s1. The number of nitrogens with zero attached hydrogens (tertiary/aromatic N) is 2. The Morgan fingerprint density at radius 1 is 0.464 bits per heavy atom. The van der Waals surface area contributed by atoms with E-state index in [-0.39, 0.29) is 89.4 Å². The molecular formula is C62H96N12O10. The highest BCUT2D eigenvalue weighted by atomic mass is 16.2. The number of nitrogens with one attached hydrogen (secondary N) is 8. The third-order valence-electron chi connectivity index (χ3n) is 16.1. The molecule has 0 radical (unpaired) electrons. The molecule has 0 bridgehead atoms. The summed E-state index contributed by atoms with van der Waals surface area (Å²) in [5.41, 5.74) is 9.84. The second-order valence-corrected chi connectivity index (χ2v) is 25.1. The van der Waals surface area contributed by atoms with E-state index in [9.17, 15) is 47.9 Å². The summed E-state index contributed by atoms with van der Waals surface area (Å²) in [7, 11) is 0. The maximum Gasteiger partial charge on any atom is 0.246 e. The fourth-order valence-corrected chi connectivity index (χ4v) is 11.4. The Labute approximate surface area is 496 Å². The van der Waals surface area contributed by atoms with Gasteiger partial charge in [-0.3, -0.25) is 47.9 Å². The Morgan fingerprint density at radius 2 is 0.798 bits per heavy atom. The summed E-state index contributed by atoms with van der Waals surface area (Å²) in [6.45, 7) is 18.2. The van der Waals surface area contributed by atoms with Gasteiger partial charge in [-0.1, -0.05) is 116 Å². The van der Waals surface area contributed by atoms with Crippen LogP contribution in [0.2, 0.25) is 0 Å². The van der Waals surface area contributed by atoms with E-state index in [1.165, 1.54) is 9.80 Å². The molecule has 0 saturated carbocycles. The first-order chi connectivity index (χ1) is 39.7. The molecule has 2 aromatic carbocycles. The maximum absolute atomic E-state index is 14.9. The van der Waals surface area contributed by atoms with Crippen LogP contribution in [0, 0.1) is 23.7 Å². The number of hydrogen-bond donors (Lipinski definition) is 10. The van der Waals surface area contributed by atoms with E-state index in [1.807, 2.05) is 39.8 Å². The quantitative estimate of drug-likeness (QED) is 0.115. The summed E-state index contributed by atoms with van der Waals surface area (Å²) in [6.07, 6.45) is 2.34. The Hall–Kier alpha value is -6.94. The van der Waals surface area contributed by atoms with Crippen molar-refractivity contribution in [3.63, 3.8) is 0 Å². The molecule has 0 spiro atoms. The largest absolute Gasteiger partial charge is 0.343 e. The lowest BCUT2D eigenvalue weighted by molar-refractivity contribution is -0.144. The van der Waals surface area contributed by atoms with Crippen molar-refractivity contribution in [2.24, 2.45) is 35.1 Å². The van der Waals surface area contributed by atoms with Crippen molar-refractivity contribution >= 4 is 59.1 Å². The summed E-state index contributed by atoms with van der Waals surface area (Å²) in [5.74, 6) is -7.91. The number of rotatable bonds is 16. The molecule has 5 rings (SSSR count). The zero-order valence-corrected chi connectivity index (χ0v) is 51.1. The fraction of sp³-hybridized carbons (Fsp3) is 0.645. The molecule has 2 aromatic rings. The van der Waals surface area contributed by atoms with Crippen LogP contribution < -0.4 is 54.0 Å². The molecule has 10 amide bonds. The Balaban J connectivity index is 1.62. The molecule has 3 aliphatic rings. The predicted octanol–water partition coefficient (Wildman–Crippen LogP) is 2.01. The highest BCUT2D eigenvalue weighted by Gasteiger charge is 2.47. The molecule has 84 heavy (non-hydrogen) atoms. The van der Waals surface area contributed by atoms with Crippen LogP contribution in [-0.4, -0.2) is 154 Å². The minimum atomic E-state index is -1.72. The lowest BCUT2D eigenvalue weighted by Gasteiger charge is -2.36. The third-order valence-corrected chi connectivity index (χ3v) is 16.1. The number of carbonyl (C=O) groups is 10. The number of benzene rings is 2. The molecule has 3 aliphatic heterocycles. The summed E-state index contributed by atoms with van der Waals surface area (Å²) in [4.78, 5) is 150. The molecule has 0 aromatic heterocycles. The van der Waals surface area contributed by atoms with Gasteiger partial charge in [0, 0.05) is 25.9 Å². The van der Waals surface area contributed by atoms with Gasteiger partial charge in [-0.2, -0.15) is 0 Å². The molecule has 0 aliphatic carbocycles. The van der Waals surface area contributed by atoms with Gasteiger partial charge < -0.3 is 63.8 Å². The molecule has 3 heterocycles. The zero-order chi connectivity index (χ0) is 62.1. The normalized spacial score (nSPS) is 28.0. The van der Waals surface area contributed by atoms with Gasteiger partial charge in [0.2, 0.25) is 59.1 Å². The van der Waals surface area contributed by atoms with E-state index in [2.05, 4.69) is 42.5 Å². The molecule has 12 N–H and O–H groups in total. The third kappa shape index (κ3) is 18.5. The molecule has 3 saturated heterocycles. The predicted molar refractivity (Wildman–Crippen MR) is 320 cm³/mol. The fourth-order valence-electron chi connectivity index (χ4n) is 11.4. The average Bonchev–Trinajstić information content (AvgIpc) is 4.33. The molecule has 0 unspecified atom stereocenters. The van der Waals surface area contributed by atoms with Crippen LogP contribution in [0.3, 0.4) is 0 Å². The van der Waals surface area contributed by atoms with Crippen LogP contribution in [0.5, 0.6) is 0 Å². The molecule has 22 nitrogen and oxygen atoms in total. The van der Waals surface area contributed by atoms with E-state index in [0.717, 1.165) is 0 Å². The van der Waals surface area contributed by atoms with Crippen molar-refractivity contribution < 1.29 is 47.9 Å². The van der Waals surface area contributed by atoms with Crippen molar-refractivity contribution in [1.82, 2.24) is 52.3 Å². The van der Waals surface area contributed by atoms with E-state index < -0.39 is 130 Å². The van der Waals surface area contributed by atoms with Crippen LogP contribution in [-0.2, 0) is 60.8 Å². The first-order valence-electron chi connectivity index (χ1n) is 30.3. The van der Waals surface area contributed by atoms with Crippen LogP contribution >= 0.6 is 0 Å². The van der Waals surface area contributed by atoms with Gasteiger partial charge in [0.25, 0.3) is 0 Å². The highest BCUT2D eigenvalue weighted by Crippen LogP contribution is 2.26. The van der Waals surface area contributed by atoms with Gasteiger partial charge in [0.1, 0.15) is 59.4 Å². The van der Waals surface area contributed by atoms with E-state index >= 15 is 0 Å². The van der Waals surface area contributed by atoms with Crippen molar-refractivity contribution in [2.45, 2.75) is 206 Å². The average molecular weight is 1170 g/mol. The van der Waals surface area contributed by atoms with Crippen molar-refractivity contribution in [3.8, 4) is 0 Å². The zero-order valence-electron chi connectivity index (χ0n) is 51.1. The summed E-state index contributed by atoms with van der Waals surface area (Å²) < 4.78 is 0. The number of hydrogen-bond acceptors (Lipinski definition) is 12. The Kier molecular flexibility index (Phi) is 25.3. The minimum Gasteiger partial charge on any atom is -0.343 e. The van der Waals surface area contributed by atoms with E-state index in [0.29, 0.717) is 36.8 Å². The summed E-state index contributed by atoms with van der Waals surface area (Å²) in [5, 5.41) is 23.2. The second kappa shape index (κ2) is 31.3. The molecule has 10 atom stereocenters. The highest BCUT2D eigenvalue weighted by molar-refractivity contribution is 6.01. The molecular weight excluding hydrogens is 1070 g/mol. The van der Waals surface area contributed by atoms with Gasteiger partial charge in [0.15, 0.2) is 0 Å². The minimum absolute atomic E-state index is 0.0266. The summed E-state index contributed by atoms with van der Waals surface area (Å²) >= 11 is 0.